The highest BCUT2D eigenvalue weighted by Crippen LogP contribution is 2.36. The monoisotopic (exact) mass is 302 g/mol. The molecule has 108 valence electrons. The Labute approximate surface area is 125 Å². The SMILES string of the molecule is COc1cc(-c2snnc2C)cc2oc(=O)c(C)c(C)c12. The number of benzene rings is 1. The number of fused-ring (bicyclic) bond motifs is 1. The number of methoxy groups -OCH3 is 1. The Bertz CT molecular complexity index is 896. The molecule has 2 aromatic heterocycles. The largest absolute Gasteiger partial charge is 0.496 e. The zero-order valence-corrected chi connectivity index (χ0v) is 13.0. The van der Waals surface area contributed by atoms with Crippen molar-refractivity contribution in [2.24, 2.45) is 0 Å². The van der Waals surface area contributed by atoms with Gasteiger partial charge in [-0.25, -0.2) is 4.79 Å². The molecule has 0 radical (unpaired) electrons. The van der Waals surface area contributed by atoms with Crippen molar-refractivity contribution in [3.05, 3.63) is 39.4 Å². The first-order valence-electron chi connectivity index (χ1n) is 6.44. The van der Waals surface area contributed by atoms with E-state index in [4.69, 9.17) is 9.15 Å². The second-order valence-corrected chi connectivity index (χ2v) is 5.63. The van der Waals surface area contributed by atoms with E-state index in [0.717, 1.165) is 27.1 Å². The van der Waals surface area contributed by atoms with Gasteiger partial charge in [0.1, 0.15) is 11.3 Å². The zero-order chi connectivity index (χ0) is 15.1. The molecule has 3 rings (SSSR count). The molecule has 0 saturated heterocycles. The molecule has 0 atom stereocenters. The fourth-order valence-electron chi connectivity index (χ4n) is 2.34. The van der Waals surface area contributed by atoms with E-state index in [-0.39, 0.29) is 5.63 Å². The maximum Gasteiger partial charge on any atom is 0.339 e. The van der Waals surface area contributed by atoms with Gasteiger partial charge in [-0.1, -0.05) is 4.49 Å². The van der Waals surface area contributed by atoms with Crippen molar-refractivity contribution in [2.45, 2.75) is 20.8 Å². The molecule has 5 nitrogen and oxygen atoms in total. The summed E-state index contributed by atoms with van der Waals surface area (Å²) in [6.07, 6.45) is 0. The number of rotatable bonds is 2. The Morgan fingerprint density at radius 2 is 1.95 bits per heavy atom. The fraction of sp³-hybridized carbons (Fsp3) is 0.267. The van der Waals surface area contributed by atoms with Gasteiger partial charge in [0, 0.05) is 11.1 Å². The van der Waals surface area contributed by atoms with Crippen LogP contribution in [-0.4, -0.2) is 16.7 Å². The lowest BCUT2D eigenvalue weighted by molar-refractivity contribution is 0.418. The Kier molecular flexibility index (Phi) is 3.25. The quantitative estimate of drug-likeness (QED) is 0.680. The molecule has 0 amide bonds. The van der Waals surface area contributed by atoms with Crippen molar-refractivity contribution < 1.29 is 9.15 Å². The van der Waals surface area contributed by atoms with Crippen LogP contribution >= 0.6 is 11.5 Å². The summed E-state index contributed by atoms with van der Waals surface area (Å²) in [6, 6.07) is 3.77. The molecule has 0 bridgehead atoms. The van der Waals surface area contributed by atoms with Gasteiger partial charge in [-0.3, -0.25) is 0 Å². The molecule has 0 aliphatic heterocycles. The van der Waals surface area contributed by atoms with Crippen molar-refractivity contribution in [1.82, 2.24) is 9.59 Å². The van der Waals surface area contributed by atoms with Gasteiger partial charge < -0.3 is 9.15 Å². The highest BCUT2D eigenvalue weighted by atomic mass is 32.1. The first-order valence-corrected chi connectivity index (χ1v) is 7.21. The molecule has 21 heavy (non-hydrogen) atoms. The molecule has 6 heteroatoms. The first-order chi connectivity index (χ1) is 10.0. The Morgan fingerprint density at radius 3 is 2.57 bits per heavy atom. The van der Waals surface area contributed by atoms with Crippen molar-refractivity contribution >= 4 is 22.5 Å². The van der Waals surface area contributed by atoms with Crippen LogP contribution in [0, 0.1) is 20.8 Å². The van der Waals surface area contributed by atoms with Gasteiger partial charge >= 0.3 is 5.63 Å². The van der Waals surface area contributed by atoms with E-state index in [2.05, 4.69) is 9.59 Å². The fourth-order valence-corrected chi connectivity index (χ4v) is 2.99. The number of aromatic nitrogens is 2. The van der Waals surface area contributed by atoms with Crippen molar-refractivity contribution in [3.63, 3.8) is 0 Å². The number of hydrogen-bond donors (Lipinski definition) is 0. The second-order valence-electron chi connectivity index (χ2n) is 4.88. The molecular formula is C15H14N2O3S. The Hall–Kier alpha value is -2.21. The molecule has 0 N–H and O–H groups in total. The summed E-state index contributed by atoms with van der Waals surface area (Å²) in [7, 11) is 1.61. The maximum atomic E-state index is 11.9. The van der Waals surface area contributed by atoms with Gasteiger partial charge in [0.2, 0.25) is 0 Å². The molecule has 3 aromatic rings. The third-order valence-corrected chi connectivity index (χ3v) is 4.52. The van der Waals surface area contributed by atoms with Crippen LogP contribution in [-0.2, 0) is 0 Å². The molecule has 0 aliphatic rings. The van der Waals surface area contributed by atoms with E-state index in [1.165, 1.54) is 11.5 Å². The van der Waals surface area contributed by atoms with Crippen LogP contribution in [0.4, 0.5) is 0 Å². The highest BCUT2D eigenvalue weighted by molar-refractivity contribution is 7.09. The summed E-state index contributed by atoms with van der Waals surface area (Å²) in [6.45, 7) is 5.55. The van der Waals surface area contributed by atoms with Crippen molar-refractivity contribution in [3.8, 4) is 16.2 Å². The molecule has 0 fully saturated rings. The third-order valence-electron chi connectivity index (χ3n) is 3.65. The van der Waals surface area contributed by atoms with Crippen LogP contribution in [0.5, 0.6) is 5.75 Å². The minimum atomic E-state index is -0.321. The lowest BCUT2D eigenvalue weighted by Crippen LogP contribution is -2.06. The predicted molar refractivity (Wildman–Crippen MR) is 82.2 cm³/mol. The van der Waals surface area contributed by atoms with E-state index in [0.29, 0.717) is 16.9 Å². The number of aryl methyl sites for hydroxylation is 2. The van der Waals surface area contributed by atoms with Crippen LogP contribution < -0.4 is 10.4 Å². The lowest BCUT2D eigenvalue weighted by Gasteiger charge is -2.11. The normalized spacial score (nSPS) is 11.0. The zero-order valence-electron chi connectivity index (χ0n) is 12.2. The minimum Gasteiger partial charge on any atom is -0.496 e. The molecule has 2 heterocycles. The van der Waals surface area contributed by atoms with E-state index in [1.54, 1.807) is 14.0 Å². The van der Waals surface area contributed by atoms with Crippen LogP contribution in [0.25, 0.3) is 21.4 Å². The van der Waals surface area contributed by atoms with Gasteiger partial charge in [-0.15, -0.1) is 5.10 Å². The number of nitrogens with zero attached hydrogens (tertiary/aromatic N) is 2. The van der Waals surface area contributed by atoms with Gasteiger partial charge in [-0.2, -0.15) is 0 Å². The van der Waals surface area contributed by atoms with Crippen LogP contribution in [0.3, 0.4) is 0 Å². The highest BCUT2D eigenvalue weighted by Gasteiger charge is 2.16. The summed E-state index contributed by atoms with van der Waals surface area (Å²) in [4.78, 5) is 12.8. The topological polar surface area (TPSA) is 65.2 Å². The van der Waals surface area contributed by atoms with Crippen molar-refractivity contribution in [2.75, 3.05) is 7.11 Å². The maximum absolute atomic E-state index is 11.9. The van der Waals surface area contributed by atoms with Crippen LogP contribution in [0.1, 0.15) is 16.8 Å². The molecule has 0 saturated carbocycles. The lowest BCUT2D eigenvalue weighted by atomic mass is 10.0. The van der Waals surface area contributed by atoms with E-state index < -0.39 is 0 Å². The third kappa shape index (κ3) is 2.12. The summed E-state index contributed by atoms with van der Waals surface area (Å²) >= 11 is 1.31. The predicted octanol–water partition coefficient (Wildman–Crippen LogP) is 3.25. The summed E-state index contributed by atoms with van der Waals surface area (Å²) in [5.74, 6) is 0.680. The molecular weight excluding hydrogens is 288 g/mol. The van der Waals surface area contributed by atoms with Gasteiger partial charge in [-0.05, 0) is 50.0 Å². The molecule has 0 spiro atoms. The minimum absolute atomic E-state index is 0.321. The second kappa shape index (κ2) is 4.96. The van der Waals surface area contributed by atoms with Crippen LogP contribution in [0.15, 0.2) is 21.3 Å². The van der Waals surface area contributed by atoms with E-state index in [1.807, 2.05) is 26.0 Å². The molecule has 1 aromatic carbocycles. The van der Waals surface area contributed by atoms with Gasteiger partial charge in [0.25, 0.3) is 0 Å². The average Bonchev–Trinajstić information content (AvgIpc) is 2.89. The Balaban J connectivity index is 2.40. The average molecular weight is 302 g/mol. The van der Waals surface area contributed by atoms with Gasteiger partial charge in [0.15, 0.2) is 0 Å². The molecule has 0 unspecified atom stereocenters. The summed E-state index contributed by atoms with van der Waals surface area (Å²) in [5, 5.41) is 4.84. The van der Waals surface area contributed by atoms with E-state index in [9.17, 15) is 4.79 Å². The van der Waals surface area contributed by atoms with Crippen molar-refractivity contribution in [1.29, 1.82) is 0 Å². The van der Waals surface area contributed by atoms with Crippen LogP contribution in [0.2, 0.25) is 0 Å². The first kappa shape index (κ1) is 13.8. The number of hydrogen-bond acceptors (Lipinski definition) is 6. The summed E-state index contributed by atoms with van der Waals surface area (Å²) in [5.41, 5.74) is 3.41. The van der Waals surface area contributed by atoms with Gasteiger partial charge in [0.05, 0.1) is 23.1 Å². The Morgan fingerprint density at radius 1 is 1.19 bits per heavy atom. The standard InChI is InChI=1S/C15H14N2O3S/c1-7-8(2)15(18)20-12-6-10(5-11(19-4)13(7)12)14-9(3)16-17-21-14/h5-6H,1-4H3. The number of ether oxygens (including phenoxy) is 1. The summed E-state index contributed by atoms with van der Waals surface area (Å²) < 4.78 is 14.8. The molecule has 0 aliphatic carbocycles. The van der Waals surface area contributed by atoms with E-state index >= 15 is 0 Å². The smallest absolute Gasteiger partial charge is 0.339 e.